The molecule has 11 nitrogen and oxygen atoms in total. The highest BCUT2D eigenvalue weighted by Crippen LogP contribution is 2.45. The lowest BCUT2D eigenvalue weighted by Crippen LogP contribution is -2.29. The van der Waals surface area contributed by atoms with Crippen molar-refractivity contribution >= 4 is 35.5 Å². The molecule has 53 heavy (non-hydrogen) atoms. The Bertz CT molecular complexity index is 1800. The number of carbonyl (C=O) groups excluding carboxylic acids is 3. The minimum atomic E-state index is -1.22. The van der Waals surface area contributed by atoms with E-state index in [9.17, 15) is 29.4 Å². The second-order valence-corrected chi connectivity index (χ2v) is 12.6. The van der Waals surface area contributed by atoms with Gasteiger partial charge in [-0.2, -0.15) is 0 Å². The van der Waals surface area contributed by atoms with Crippen LogP contribution in [0.3, 0.4) is 0 Å². The van der Waals surface area contributed by atoms with E-state index in [0.29, 0.717) is 0 Å². The number of nitrogens with zero attached hydrogens (tertiary/aromatic N) is 2. The maximum absolute atomic E-state index is 12.1. The molecule has 0 heterocycles. The summed E-state index contributed by atoms with van der Waals surface area (Å²) in [5.74, 6) is -2.38. The minimum Gasteiger partial charge on any atom is -0.599 e. The first-order valence-electron chi connectivity index (χ1n) is 16.8. The smallest absolute Gasteiger partial charge is 0.305 e. The van der Waals surface area contributed by atoms with E-state index in [1.54, 1.807) is 0 Å². The zero-order valence-electron chi connectivity index (χ0n) is 29.0. The number of carboxylic acids is 1. The number of ketones is 3. The second-order valence-electron chi connectivity index (χ2n) is 12.6. The molecular weight excluding hydrogens is 676 g/mol. The van der Waals surface area contributed by atoms with E-state index >= 15 is 0 Å². The molecule has 2 aliphatic rings. The Morgan fingerprint density at radius 3 is 1.17 bits per heavy atom. The lowest BCUT2D eigenvalue weighted by molar-refractivity contribution is -0.252. The number of ether oxygens (including phenoxy) is 2. The van der Waals surface area contributed by atoms with Gasteiger partial charge in [-0.1, -0.05) is 104 Å². The number of aliphatic imine (C=N–C) groups is 2. The molecule has 2 aliphatic carbocycles. The summed E-state index contributed by atoms with van der Waals surface area (Å²) in [6.45, 7) is 4.10. The first-order chi connectivity index (χ1) is 24.9. The average molecular weight is 719 g/mol. The van der Waals surface area contributed by atoms with E-state index < -0.39 is 42.4 Å². The number of benzene rings is 4. The van der Waals surface area contributed by atoms with Gasteiger partial charge in [-0.25, -0.2) is 0 Å². The molecule has 0 aliphatic heterocycles. The molecule has 0 bridgehead atoms. The van der Waals surface area contributed by atoms with Crippen LogP contribution in [0.1, 0.15) is 75.1 Å². The fraction of sp³-hybridized carbons (Fsp3) is 0.286. The number of hydrogen-bond donors (Lipinski definition) is 1. The number of Topliss-reactive ketones (excluding diaryl/α,β-unsaturated/α-hetero) is 3. The van der Waals surface area contributed by atoms with Crippen molar-refractivity contribution in [2.24, 2.45) is 9.98 Å². The van der Waals surface area contributed by atoms with Crippen molar-refractivity contribution in [1.82, 2.24) is 0 Å². The van der Waals surface area contributed by atoms with Crippen LogP contribution in [0.5, 0.6) is 0 Å². The van der Waals surface area contributed by atoms with Crippen LogP contribution in [0.25, 0.3) is 22.3 Å². The molecule has 0 fully saturated rings. The number of aliphatic carboxylic acids is 1. The zero-order chi connectivity index (χ0) is 37.4. The fourth-order valence-corrected chi connectivity index (χ4v) is 6.52. The van der Waals surface area contributed by atoms with Crippen molar-refractivity contribution in [1.29, 1.82) is 0 Å². The average Bonchev–Trinajstić information content (AvgIpc) is 3.61. The van der Waals surface area contributed by atoms with Crippen LogP contribution in [0.15, 0.2) is 107 Å². The highest BCUT2D eigenvalue weighted by Gasteiger charge is 2.28. The lowest BCUT2D eigenvalue weighted by atomic mass is 9.98. The summed E-state index contributed by atoms with van der Waals surface area (Å²) in [7, 11) is 0. The van der Waals surface area contributed by atoms with E-state index in [4.69, 9.17) is 14.6 Å². The lowest BCUT2D eigenvalue weighted by Gasteiger charge is -2.22. The molecule has 1 N–H and O–H groups in total. The molecule has 276 valence electrons. The zero-order valence-corrected chi connectivity index (χ0v) is 29.0. The van der Waals surface area contributed by atoms with E-state index in [-0.39, 0.29) is 50.5 Å². The predicted molar refractivity (Wildman–Crippen MR) is 197 cm³/mol. The molecule has 2 unspecified atom stereocenters. The van der Waals surface area contributed by atoms with Crippen LogP contribution in [-0.2, 0) is 28.7 Å². The highest BCUT2D eigenvalue weighted by molar-refractivity contribution is 5.90. The molecule has 0 saturated carbocycles. The van der Waals surface area contributed by atoms with Gasteiger partial charge in [0.15, 0.2) is 11.6 Å². The maximum atomic E-state index is 12.1. The van der Waals surface area contributed by atoms with Gasteiger partial charge in [-0.3, -0.25) is 29.2 Å². The molecule has 0 amide bonds. The second kappa shape index (κ2) is 17.9. The minimum absolute atomic E-state index is 0. The van der Waals surface area contributed by atoms with Gasteiger partial charge in [0.05, 0.1) is 6.42 Å². The van der Waals surface area contributed by atoms with Gasteiger partial charge in [-0.05, 0) is 65.3 Å². The molecule has 11 heteroatoms. The Hall–Kier alpha value is -6.10. The Labute approximate surface area is 308 Å². The molecule has 2 atom stereocenters. The van der Waals surface area contributed by atoms with Gasteiger partial charge in [0.1, 0.15) is 30.0 Å². The van der Waals surface area contributed by atoms with E-state index in [1.165, 1.54) is 20.8 Å². The van der Waals surface area contributed by atoms with Crippen LogP contribution in [-0.4, -0.2) is 65.9 Å². The van der Waals surface area contributed by atoms with Crippen molar-refractivity contribution in [2.45, 2.75) is 65.0 Å². The molecule has 0 saturated heterocycles. The first kappa shape index (κ1) is 39.7. The topological polar surface area (TPSA) is 178 Å². The van der Waals surface area contributed by atoms with E-state index in [1.807, 2.05) is 84.9 Å². The summed E-state index contributed by atoms with van der Waals surface area (Å²) in [6.07, 6.45) is -2.35. The maximum Gasteiger partial charge on any atom is 0.305 e. The van der Waals surface area contributed by atoms with Gasteiger partial charge in [0.2, 0.25) is 0 Å². The molecule has 6 rings (SSSR count). The van der Waals surface area contributed by atoms with Crippen LogP contribution >= 0.6 is 0 Å². The van der Waals surface area contributed by atoms with Crippen LogP contribution in [0.4, 0.5) is 0 Å². The van der Waals surface area contributed by atoms with Gasteiger partial charge >= 0.3 is 5.97 Å². The summed E-state index contributed by atoms with van der Waals surface area (Å²) in [5, 5.41) is 32.9. The third kappa shape index (κ3) is 9.62. The summed E-state index contributed by atoms with van der Waals surface area (Å²) in [6, 6.07) is 29.7. The number of carboxylic acid groups (broad SMARTS) is 1. The summed E-state index contributed by atoms with van der Waals surface area (Å²) in [5.41, 5.74) is 8.83. The van der Waals surface area contributed by atoms with Gasteiger partial charge in [-0.15, -0.1) is 0 Å². The normalized spacial score (nSPS) is 14.2. The Kier molecular flexibility index (Phi) is 13.4. The summed E-state index contributed by atoms with van der Waals surface area (Å²) < 4.78 is 10.6. The predicted octanol–water partition coefficient (Wildman–Crippen LogP) is 5.07. The molecular formula is C42H42N2O9-2. The van der Waals surface area contributed by atoms with Crippen molar-refractivity contribution in [2.75, 3.05) is 13.2 Å². The Morgan fingerprint density at radius 2 is 0.887 bits per heavy atom. The third-order valence-corrected chi connectivity index (χ3v) is 8.98. The Morgan fingerprint density at radius 1 is 0.585 bits per heavy atom. The van der Waals surface area contributed by atoms with Gasteiger partial charge in [0.25, 0.3) is 0 Å². The van der Waals surface area contributed by atoms with Crippen molar-refractivity contribution in [3.05, 3.63) is 119 Å². The van der Waals surface area contributed by atoms with E-state index in [2.05, 4.69) is 22.1 Å². The number of fused-ring (bicyclic) bond motifs is 6. The van der Waals surface area contributed by atoms with Gasteiger partial charge < -0.3 is 24.8 Å². The van der Waals surface area contributed by atoms with Crippen molar-refractivity contribution in [3.8, 4) is 22.3 Å². The monoisotopic (exact) mass is 718 g/mol. The van der Waals surface area contributed by atoms with Crippen LogP contribution in [0, 0.1) is 0 Å². The third-order valence-electron chi connectivity index (χ3n) is 8.98. The molecule has 4 aromatic rings. The van der Waals surface area contributed by atoms with E-state index in [0.717, 1.165) is 44.5 Å². The summed E-state index contributed by atoms with van der Waals surface area (Å²) in [4.78, 5) is 52.3. The molecule has 0 aromatic heterocycles. The number of hydrogen-bond acceptors (Lipinski definition) is 10. The number of carbonyl (C=O) groups is 4. The first-order valence-corrected chi connectivity index (χ1v) is 16.8. The van der Waals surface area contributed by atoms with Crippen molar-refractivity contribution in [3.63, 3.8) is 0 Å². The SMILES string of the molecule is C.CC(=O)C(CC(=O)O)N=C([O-])OCC1c2ccccc2-c2ccccc21.CC(=O)CC(N=C([O-])OCC1c2ccccc2-c2ccccc21)C(C)=O. The standard InChI is InChI=1S/C21H21NO4.C20H19NO5.CH4/c1-13(23)11-20(14(2)24)22-21(25)26-12-19-17-9-5-3-7-15(17)16-8-4-6-10-18(16)19;1-12(22)18(10-19(23)24)21-20(25)26-11-17-15-8-4-2-6-13(15)14-7-3-5-9-16(14)17;/h3-10,19-20H,11-12H2,1-2H3,(H,22,25);2-9,17-18H,10-11H2,1H3,(H,21,25)(H,23,24);1H4/p-2. The van der Waals surface area contributed by atoms with Crippen molar-refractivity contribution < 1.29 is 44.0 Å². The quantitative estimate of drug-likeness (QED) is 0.155. The Balaban J connectivity index is 0.000000232. The summed E-state index contributed by atoms with van der Waals surface area (Å²) >= 11 is 0. The number of rotatable bonds is 12. The fourth-order valence-electron chi connectivity index (χ4n) is 6.52. The molecule has 0 spiro atoms. The molecule has 4 aromatic carbocycles. The largest absolute Gasteiger partial charge is 0.599 e. The van der Waals surface area contributed by atoms with Crippen LogP contribution in [0.2, 0.25) is 0 Å². The van der Waals surface area contributed by atoms with Crippen LogP contribution < -0.4 is 10.2 Å². The van der Waals surface area contributed by atoms with Gasteiger partial charge in [0, 0.05) is 31.5 Å². The highest BCUT2D eigenvalue weighted by atomic mass is 16.6. The molecule has 0 radical (unpaired) electrons.